The standard InChI is InChI=1S/C22H23N3O2S.C21H20ClN3O2S.2C21H20FN3O2S/c1-5-22(27)25(4)19-9-7-16(10-14(19)2)17-6-8-18(23-12-17)20(26)11-21-24-15(3)13-28-21;2*1-4-21(27)25(3)18-8-6-14(9-16(18)22)17-7-5-15(11-23-17)19(26)10-20-24-13(2)12-28-20;1-4-21(27)25(3)18-8-6-14(9-16(18)22)15-5-7-17(23-11-15)19(26)10-20-24-13(2)12-28-20/h6-10,12-13H,5,11H2,1-4H3;3*5-9,11-12H,4,10H2,1-3H3. The molecule has 27 heteroatoms. The van der Waals surface area contributed by atoms with E-state index < -0.39 is 11.6 Å². The lowest BCUT2D eigenvalue weighted by Gasteiger charge is -2.19. The summed E-state index contributed by atoms with van der Waals surface area (Å²) in [5.74, 6) is -1.45. The summed E-state index contributed by atoms with van der Waals surface area (Å²) in [5, 5.41) is 11.3. The summed E-state index contributed by atoms with van der Waals surface area (Å²) in [5.41, 5.74) is 14.4. The number of nitrogens with zero attached hydrogens (tertiary/aromatic N) is 12. The van der Waals surface area contributed by atoms with Gasteiger partial charge in [-0.1, -0.05) is 75.7 Å². The molecule has 12 rings (SSSR count). The SMILES string of the molecule is CCC(=O)N(C)c1ccc(-c2ccc(C(=O)Cc3nc(C)cs3)cn2)cc1Cl.CCC(=O)N(C)c1ccc(-c2ccc(C(=O)Cc3nc(C)cs3)cn2)cc1F.CCC(=O)N(C)c1ccc(-c2ccc(C(=O)Cc3nc(C)cs3)nc2)cc1C.CCC(=O)N(C)c1ccc(-c2ccc(C(=O)Cc3nc(C)cs3)nc2)cc1F. The molecule has 8 heterocycles. The molecule has 0 saturated heterocycles. The van der Waals surface area contributed by atoms with E-state index in [1.165, 1.54) is 73.5 Å². The number of Topliss-reactive ketones (excluding diaryl/α,β-unsaturated/α-hetero) is 4. The third-order valence-electron chi connectivity index (χ3n) is 17.6. The fourth-order valence-corrected chi connectivity index (χ4v) is 14.7. The second kappa shape index (κ2) is 39.6. The van der Waals surface area contributed by atoms with Gasteiger partial charge in [0.15, 0.2) is 23.1 Å². The van der Waals surface area contributed by atoms with Gasteiger partial charge in [0.05, 0.1) is 59.2 Å². The van der Waals surface area contributed by atoms with Crippen LogP contribution in [0.25, 0.3) is 44.8 Å². The van der Waals surface area contributed by atoms with Crippen LogP contribution in [0.15, 0.2) is 168 Å². The molecule has 576 valence electrons. The van der Waals surface area contributed by atoms with Crippen LogP contribution in [0.2, 0.25) is 5.02 Å². The Bertz CT molecular complexity index is 4720. The smallest absolute Gasteiger partial charge is 0.226 e. The van der Waals surface area contributed by atoms with Gasteiger partial charge in [-0.05, 0) is 136 Å². The number of anilines is 4. The zero-order chi connectivity index (χ0) is 81.0. The van der Waals surface area contributed by atoms with E-state index in [0.717, 1.165) is 70.7 Å². The number of aryl methyl sites for hydroxylation is 5. The molecule has 4 aromatic carbocycles. The fraction of sp³-hybridized carbons (Fsp3) is 0.247. The van der Waals surface area contributed by atoms with Crippen LogP contribution in [-0.2, 0) is 44.9 Å². The van der Waals surface area contributed by atoms with Gasteiger partial charge in [-0.3, -0.25) is 58.3 Å². The molecular formula is C85H83ClF2N12O8S4. The normalized spacial score (nSPS) is 10.7. The summed E-state index contributed by atoms with van der Waals surface area (Å²) in [4.78, 5) is 137. The van der Waals surface area contributed by atoms with Gasteiger partial charge in [-0.25, -0.2) is 28.7 Å². The van der Waals surface area contributed by atoms with Crippen molar-refractivity contribution in [1.29, 1.82) is 0 Å². The van der Waals surface area contributed by atoms with Crippen LogP contribution in [0.3, 0.4) is 0 Å². The Kier molecular flexibility index (Phi) is 29.9. The summed E-state index contributed by atoms with van der Waals surface area (Å²) in [6, 6.07) is 34.6. The number of hydrogen-bond donors (Lipinski definition) is 0. The Balaban J connectivity index is 0.000000171. The number of thiazole rings is 4. The van der Waals surface area contributed by atoms with Gasteiger partial charge in [-0.15, -0.1) is 45.3 Å². The lowest BCUT2D eigenvalue weighted by atomic mass is 10.0. The van der Waals surface area contributed by atoms with E-state index in [2.05, 4.69) is 39.9 Å². The molecule has 20 nitrogen and oxygen atoms in total. The van der Waals surface area contributed by atoms with Crippen molar-refractivity contribution >= 4 is 126 Å². The van der Waals surface area contributed by atoms with E-state index in [-0.39, 0.29) is 83.8 Å². The van der Waals surface area contributed by atoms with Crippen molar-refractivity contribution in [3.05, 3.63) is 255 Å². The number of amides is 4. The first-order valence-corrected chi connectivity index (χ1v) is 39.6. The minimum Gasteiger partial charge on any atom is -0.315 e. The first kappa shape index (κ1) is 84.7. The van der Waals surface area contributed by atoms with Crippen LogP contribution < -0.4 is 19.6 Å². The van der Waals surface area contributed by atoms with E-state index in [0.29, 0.717) is 87.0 Å². The van der Waals surface area contributed by atoms with Crippen molar-refractivity contribution in [2.75, 3.05) is 47.8 Å². The molecule has 0 spiro atoms. The first-order chi connectivity index (χ1) is 53.5. The topological polar surface area (TPSA) is 253 Å². The Morgan fingerprint density at radius 2 is 0.661 bits per heavy atom. The molecule has 0 atom stereocenters. The number of hydrogen-bond acceptors (Lipinski definition) is 20. The Labute approximate surface area is 670 Å². The van der Waals surface area contributed by atoms with Crippen LogP contribution in [0.5, 0.6) is 0 Å². The minimum absolute atomic E-state index is 0.00827. The van der Waals surface area contributed by atoms with Crippen molar-refractivity contribution in [1.82, 2.24) is 39.9 Å². The second-order valence-electron chi connectivity index (χ2n) is 25.9. The summed E-state index contributed by atoms with van der Waals surface area (Å²) in [7, 11) is 6.59. The van der Waals surface area contributed by atoms with Crippen molar-refractivity contribution in [3.63, 3.8) is 0 Å². The van der Waals surface area contributed by atoms with Crippen molar-refractivity contribution in [3.8, 4) is 44.8 Å². The lowest BCUT2D eigenvalue weighted by molar-refractivity contribution is -0.118. The molecule has 4 amide bonds. The number of rotatable bonds is 24. The highest BCUT2D eigenvalue weighted by atomic mass is 35.5. The summed E-state index contributed by atoms with van der Waals surface area (Å²) >= 11 is 12.3. The van der Waals surface area contributed by atoms with Crippen LogP contribution in [0, 0.1) is 46.3 Å². The largest absolute Gasteiger partial charge is 0.315 e. The molecular weight excluding hydrogens is 1520 g/mol. The molecule has 0 aliphatic carbocycles. The van der Waals surface area contributed by atoms with Crippen LogP contribution >= 0.6 is 56.9 Å². The van der Waals surface area contributed by atoms with Gasteiger partial charge >= 0.3 is 0 Å². The molecule has 0 radical (unpaired) electrons. The van der Waals surface area contributed by atoms with E-state index in [1.54, 1.807) is 149 Å². The highest BCUT2D eigenvalue weighted by Crippen LogP contribution is 2.33. The monoisotopic (exact) mass is 1600 g/mol. The zero-order valence-electron chi connectivity index (χ0n) is 64.2. The minimum atomic E-state index is -0.497. The van der Waals surface area contributed by atoms with Crippen molar-refractivity contribution < 1.29 is 47.1 Å². The number of aromatic nitrogens is 8. The molecule has 0 N–H and O–H groups in total. The van der Waals surface area contributed by atoms with Crippen LogP contribution in [-0.4, -0.2) is 115 Å². The average Bonchev–Trinajstić information content (AvgIpc) is 1.34. The van der Waals surface area contributed by atoms with Gasteiger partial charge in [0.1, 0.15) is 43.1 Å². The molecule has 0 aliphatic heterocycles. The highest BCUT2D eigenvalue weighted by Gasteiger charge is 2.21. The molecule has 112 heavy (non-hydrogen) atoms. The number of carbonyl (C=O) groups excluding carboxylic acids is 8. The first-order valence-electron chi connectivity index (χ1n) is 35.7. The quantitative estimate of drug-likeness (QED) is 0.0510. The second-order valence-corrected chi connectivity index (χ2v) is 30.1. The zero-order valence-corrected chi connectivity index (χ0v) is 68.2. The van der Waals surface area contributed by atoms with Gasteiger partial charge in [-0.2, -0.15) is 0 Å². The molecule has 12 aromatic rings. The predicted octanol–water partition coefficient (Wildman–Crippen LogP) is 18.5. The number of benzene rings is 4. The van der Waals surface area contributed by atoms with E-state index >= 15 is 0 Å². The summed E-state index contributed by atoms with van der Waals surface area (Å²) < 4.78 is 28.9. The van der Waals surface area contributed by atoms with Crippen molar-refractivity contribution in [2.45, 2.75) is 114 Å². The lowest BCUT2D eigenvalue weighted by Crippen LogP contribution is -2.25. The highest BCUT2D eigenvalue weighted by molar-refractivity contribution is 7.10. The molecule has 0 fully saturated rings. The Morgan fingerprint density at radius 1 is 0.348 bits per heavy atom. The molecule has 0 unspecified atom stereocenters. The number of ketones is 4. The average molecular weight is 1600 g/mol. The predicted molar refractivity (Wildman–Crippen MR) is 443 cm³/mol. The number of halogens is 3. The maximum Gasteiger partial charge on any atom is 0.226 e. The van der Waals surface area contributed by atoms with Crippen LogP contribution in [0.4, 0.5) is 31.5 Å². The summed E-state index contributed by atoms with van der Waals surface area (Å²) in [6.45, 7) is 16.7. The van der Waals surface area contributed by atoms with Crippen LogP contribution in [0.1, 0.15) is 143 Å². The van der Waals surface area contributed by atoms with E-state index in [1.807, 2.05) is 100 Å². The molecule has 0 saturated carbocycles. The fourth-order valence-electron chi connectivity index (χ4n) is 11.3. The van der Waals surface area contributed by atoms with Crippen molar-refractivity contribution in [2.24, 2.45) is 0 Å². The van der Waals surface area contributed by atoms with E-state index in [9.17, 15) is 47.1 Å². The number of pyridine rings is 4. The molecule has 0 aliphatic rings. The number of carbonyl (C=O) groups is 8. The van der Waals surface area contributed by atoms with Gasteiger partial charge in [0.2, 0.25) is 23.6 Å². The molecule has 0 bridgehead atoms. The Morgan fingerprint density at radius 3 is 0.973 bits per heavy atom. The maximum absolute atomic E-state index is 14.5. The Hall–Kier alpha value is -11.3. The van der Waals surface area contributed by atoms with Gasteiger partial charge < -0.3 is 19.6 Å². The molecule has 8 aromatic heterocycles. The van der Waals surface area contributed by atoms with E-state index in [4.69, 9.17) is 11.6 Å². The third-order valence-corrected chi connectivity index (χ3v) is 21.8. The summed E-state index contributed by atoms with van der Waals surface area (Å²) in [6.07, 6.45) is 8.83. The van der Waals surface area contributed by atoms with Gasteiger partial charge in [0, 0.05) is 162 Å². The third kappa shape index (κ3) is 22.5. The maximum atomic E-state index is 14.5. The van der Waals surface area contributed by atoms with Gasteiger partial charge in [0.25, 0.3) is 0 Å².